The Hall–Kier alpha value is -1.10. The molecule has 0 aromatic heterocycles. The highest BCUT2D eigenvalue weighted by Crippen LogP contribution is 2.26. The van der Waals surface area contributed by atoms with Crippen molar-refractivity contribution in [3.8, 4) is 5.75 Å². The van der Waals surface area contributed by atoms with Gasteiger partial charge < -0.3 is 9.64 Å². The highest BCUT2D eigenvalue weighted by Gasteiger charge is 2.15. The van der Waals surface area contributed by atoms with Crippen LogP contribution in [-0.2, 0) is 0 Å². The minimum atomic E-state index is 0.0739. The van der Waals surface area contributed by atoms with Gasteiger partial charge in [-0.25, -0.2) is 0 Å². The van der Waals surface area contributed by atoms with Gasteiger partial charge in [-0.1, -0.05) is 17.7 Å². The molecular formula is C12H21N3O. The van der Waals surface area contributed by atoms with E-state index in [1.165, 1.54) is 5.56 Å². The average molecular weight is 223 g/mol. The molecule has 90 valence electrons. The molecule has 3 N–H and O–H groups in total. The molecule has 1 atom stereocenters. The van der Waals surface area contributed by atoms with Crippen LogP contribution in [0.15, 0.2) is 18.2 Å². The van der Waals surface area contributed by atoms with Crippen LogP contribution >= 0.6 is 0 Å². The lowest BCUT2D eigenvalue weighted by Crippen LogP contribution is -2.35. The van der Waals surface area contributed by atoms with Crippen LogP contribution < -0.4 is 16.0 Å². The third kappa shape index (κ3) is 3.20. The highest BCUT2D eigenvalue weighted by molar-refractivity contribution is 5.39. The van der Waals surface area contributed by atoms with Gasteiger partial charge in [-0.2, -0.15) is 0 Å². The van der Waals surface area contributed by atoms with Gasteiger partial charge in [0, 0.05) is 12.1 Å². The molecule has 0 saturated carbocycles. The van der Waals surface area contributed by atoms with Crippen molar-refractivity contribution in [1.29, 1.82) is 0 Å². The molecule has 0 aliphatic carbocycles. The van der Waals surface area contributed by atoms with Crippen LogP contribution in [0.2, 0.25) is 0 Å². The van der Waals surface area contributed by atoms with E-state index in [1.807, 2.05) is 26.2 Å². The number of rotatable bonds is 5. The van der Waals surface area contributed by atoms with Gasteiger partial charge in [0.1, 0.15) is 5.75 Å². The van der Waals surface area contributed by atoms with Gasteiger partial charge in [0.2, 0.25) is 0 Å². The number of nitrogens with zero attached hydrogens (tertiary/aromatic N) is 1. The minimum absolute atomic E-state index is 0.0739. The summed E-state index contributed by atoms with van der Waals surface area (Å²) in [6.45, 7) is 2.89. The van der Waals surface area contributed by atoms with Crippen molar-refractivity contribution in [1.82, 2.24) is 10.3 Å². The second-order valence-electron chi connectivity index (χ2n) is 4.23. The first-order valence-corrected chi connectivity index (χ1v) is 5.34. The SMILES string of the molecule is COc1ccc(C)cc1C(CN(C)C)NN. The summed E-state index contributed by atoms with van der Waals surface area (Å²) in [6, 6.07) is 6.19. The van der Waals surface area contributed by atoms with Gasteiger partial charge in [-0.05, 0) is 27.1 Å². The fourth-order valence-corrected chi connectivity index (χ4v) is 1.73. The molecule has 1 aromatic carbocycles. The third-order valence-electron chi connectivity index (χ3n) is 2.51. The zero-order valence-electron chi connectivity index (χ0n) is 10.4. The molecular weight excluding hydrogens is 202 g/mol. The molecule has 4 nitrogen and oxygen atoms in total. The summed E-state index contributed by atoms with van der Waals surface area (Å²) in [6.07, 6.45) is 0. The van der Waals surface area contributed by atoms with Gasteiger partial charge in [-0.15, -0.1) is 0 Å². The molecule has 0 bridgehead atoms. The Kier molecular flexibility index (Phi) is 4.73. The number of aryl methyl sites for hydroxylation is 1. The van der Waals surface area contributed by atoms with E-state index in [4.69, 9.17) is 10.6 Å². The topological polar surface area (TPSA) is 50.5 Å². The van der Waals surface area contributed by atoms with Crippen LogP contribution in [0, 0.1) is 6.92 Å². The largest absolute Gasteiger partial charge is 0.496 e. The van der Waals surface area contributed by atoms with Crippen LogP contribution in [0.4, 0.5) is 0 Å². The van der Waals surface area contributed by atoms with Gasteiger partial charge in [0.05, 0.1) is 13.2 Å². The monoisotopic (exact) mass is 223 g/mol. The maximum atomic E-state index is 5.59. The quantitative estimate of drug-likeness (QED) is 0.579. The lowest BCUT2D eigenvalue weighted by molar-refractivity contribution is 0.333. The van der Waals surface area contributed by atoms with E-state index in [0.29, 0.717) is 0 Å². The van der Waals surface area contributed by atoms with Crippen molar-refractivity contribution in [2.24, 2.45) is 5.84 Å². The Morgan fingerprint density at radius 3 is 2.62 bits per heavy atom. The van der Waals surface area contributed by atoms with E-state index >= 15 is 0 Å². The summed E-state index contributed by atoms with van der Waals surface area (Å²) in [5, 5.41) is 0. The predicted molar refractivity (Wildman–Crippen MR) is 66.3 cm³/mol. The van der Waals surface area contributed by atoms with Gasteiger partial charge in [0.15, 0.2) is 0 Å². The second-order valence-corrected chi connectivity index (χ2v) is 4.23. The van der Waals surface area contributed by atoms with Crippen LogP contribution in [0.25, 0.3) is 0 Å². The summed E-state index contributed by atoms with van der Waals surface area (Å²) in [5.41, 5.74) is 5.13. The van der Waals surface area contributed by atoms with Crippen LogP contribution in [-0.4, -0.2) is 32.6 Å². The summed E-state index contributed by atoms with van der Waals surface area (Å²) in [5.74, 6) is 6.47. The normalized spacial score (nSPS) is 12.9. The number of nitrogens with one attached hydrogen (secondary N) is 1. The first-order valence-electron chi connectivity index (χ1n) is 5.34. The summed E-state index contributed by atoms with van der Waals surface area (Å²) in [4.78, 5) is 2.09. The Balaban J connectivity index is 3.02. The zero-order chi connectivity index (χ0) is 12.1. The van der Waals surface area contributed by atoms with E-state index in [-0.39, 0.29) is 6.04 Å². The van der Waals surface area contributed by atoms with Crippen molar-refractivity contribution in [2.45, 2.75) is 13.0 Å². The molecule has 0 aliphatic rings. The van der Waals surface area contributed by atoms with Crippen molar-refractivity contribution in [3.63, 3.8) is 0 Å². The number of likely N-dealkylation sites (N-methyl/N-ethyl adjacent to an activating group) is 1. The molecule has 16 heavy (non-hydrogen) atoms. The number of ether oxygens (including phenoxy) is 1. The maximum Gasteiger partial charge on any atom is 0.123 e. The first-order chi connectivity index (χ1) is 7.58. The van der Waals surface area contributed by atoms with Crippen LogP contribution in [0.1, 0.15) is 17.2 Å². The van der Waals surface area contributed by atoms with Gasteiger partial charge in [0.25, 0.3) is 0 Å². The molecule has 0 fully saturated rings. The van der Waals surface area contributed by atoms with E-state index in [2.05, 4.69) is 23.3 Å². The predicted octanol–water partition coefficient (Wildman–Crippen LogP) is 1.07. The molecule has 1 unspecified atom stereocenters. The molecule has 0 spiro atoms. The Labute approximate surface area is 97.4 Å². The van der Waals surface area contributed by atoms with Gasteiger partial charge in [-0.3, -0.25) is 11.3 Å². The van der Waals surface area contributed by atoms with Crippen molar-refractivity contribution in [3.05, 3.63) is 29.3 Å². The number of hydrazine groups is 1. The number of benzene rings is 1. The molecule has 0 aliphatic heterocycles. The maximum absolute atomic E-state index is 5.59. The lowest BCUT2D eigenvalue weighted by atomic mass is 10.0. The summed E-state index contributed by atoms with van der Waals surface area (Å²) >= 11 is 0. The third-order valence-corrected chi connectivity index (χ3v) is 2.51. The Morgan fingerprint density at radius 2 is 2.12 bits per heavy atom. The van der Waals surface area contributed by atoms with Crippen molar-refractivity contribution in [2.75, 3.05) is 27.7 Å². The van der Waals surface area contributed by atoms with Crippen molar-refractivity contribution < 1.29 is 4.74 Å². The standard InChI is InChI=1S/C12H21N3O/c1-9-5-6-12(16-4)10(7-9)11(14-13)8-15(2)3/h5-7,11,14H,8,13H2,1-4H3. The Bertz CT molecular complexity index is 339. The van der Waals surface area contributed by atoms with Crippen LogP contribution in [0.3, 0.4) is 0 Å². The van der Waals surface area contributed by atoms with E-state index in [9.17, 15) is 0 Å². The zero-order valence-corrected chi connectivity index (χ0v) is 10.4. The van der Waals surface area contributed by atoms with E-state index in [0.717, 1.165) is 17.9 Å². The van der Waals surface area contributed by atoms with Gasteiger partial charge >= 0.3 is 0 Å². The number of methoxy groups -OCH3 is 1. The van der Waals surface area contributed by atoms with E-state index < -0.39 is 0 Å². The lowest BCUT2D eigenvalue weighted by Gasteiger charge is -2.22. The fraction of sp³-hybridized carbons (Fsp3) is 0.500. The molecule has 0 amide bonds. The number of nitrogens with two attached hydrogens (primary N) is 1. The molecule has 1 aromatic rings. The number of hydrogen-bond acceptors (Lipinski definition) is 4. The highest BCUT2D eigenvalue weighted by atomic mass is 16.5. The first kappa shape index (κ1) is 13.0. The molecule has 4 heteroatoms. The minimum Gasteiger partial charge on any atom is -0.496 e. The Morgan fingerprint density at radius 1 is 1.44 bits per heavy atom. The average Bonchev–Trinajstić information content (AvgIpc) is 2.25. The molecule has 1 rings (SSSR count). The summed E-state index contributed by atoms with van der Waals surface area (Å²) in [7, 11) is 5.72. The molecule has 0 heterocycles. The summed E-state index contributed by atoms with van der Waals surface area (Å²) < 4.78 is 5.35. The second kappa shape index (κ2) is 5.84. The van der Waals surface area contributed by atoms with E-state index in [1.54, 1.807) is 7.11 Å². The van der Waals surface area contributed by atoms with Crippen molar-refractivity contribution >= 4 is 0 Å². The molecule has 0 saturated heterocycles. The molecule has 0 radical (unpaired) electrons. The van der Waals surface area contributed by atoms with Crippen LogP contribution in [0.5, 0.6) is 5.75 Å². The smallest absolute Gasteiger partial charge is 0.123 e. The number of hydrogen-bond donors (Lipinski definition) is 2. The fourth-order valence-electron chi connectivity index (χ4n) is 1.73.